The molecule has 296 valence electrons. The predicted octanol–water partition coefficient (Wildman–Crippen LogP) is 5.35. The Balaban J connectivity index is 0.887. The summed E-state index contributed by atoms with van der Waals surface area (Å²) in [6.07, 6.45) is 8.13. The molecule has 9 rings (SSSR count). The molecule has 9 nitrogen and oxygen atoms in total. The van der Waals surface area contributed by atoms with Gasteiger partial charge < -0.3 is 33.9 Å². The summed E-state index contributed by atoms with van der Waals surface area (Å²) in [6.45, 7) is 26.7. The van der Waals surface area contributed by atoms with Gasteiger partial charge in [-0.05, 0) is 123 Å². The maximum Gasteiger partial charge on any atom is 0.170 e. The molecule has 9 fully saturated rings. The van der Waals surface area contributed by atoms with E-state index in [-0.39, 0.29) is 40.8 Å². The molecular formula is C43H72N2O7. The SMILES string of the molecule is CCO[C@@H](C1C[C@@H](C)[C@H]2C(O1)[C@H](O)[C@@]1(C)C3CC[C@H]4C(C)(C)[C@@H](O[C@H]5CN(CC6CN(C7COC7)C6)CCO5)CC[C@@]45C[C@@]35CC[C@]21C)C(C)(C)O. The van der Waals surface area contributed by atoms with E-state index in [1.807, 2.05) is 20.8 Å². The van der Waals surface area contributed by atoms with Gasteiger partial charge in [0.1, 0.15) is 6.10 Å². The second-order valence-electron chi connectivity index (χ2n) is 21.3. The number of likely N-dealkylation sites (tertiary alicyclic amines) is 1. The van der Waals surface area contributed by atoms with Gasteiger partial charge in [0.25, 0.3) is 0 Å². The van der Waals surface area contributed by atoms with Gasteiger partial charge in [-0.1, -0.05) is 34.6 Å². The molecule has 2 N–H and O–H groups in total. The fourth-order valence-electron chi connectivity index (χ4n) is 15.6. The first kappa shape index (κ1) is 37.2. The van der Waals surface area contributed by atoms with E-state index in [4.69, 9.17) is 23.7 Å². The monoisotopic (exact) mass is 729 g/mol. The third-order valence-electron chi connectivity index (χ3n) is 18.2. The van der Waals surface area contributed by atoms with Crippen molar-refractivity contribution in [2.45, 2.75) is 155 Å². The van der Waals surface area contributed by atoms with Crippen molar-refractivity contribution in [2.75, 3.05) is 59.2 Å². The van der Waals surface area contributed by atoms with Gasteiger partial charge in [0.05, 0.1) is 55.9 Å². The first-order valence-corrected chi connectivity index (χ1v) is 21.6. The van der Waals surface area contributed by atoms with Crippen molar-refractivity contribution in [1.29, 1.82) is 0 Å². The van der Waals surface area contributed by atoms with E-state index in [1.54, 1.807) is 0 Å². The van der Waals surface area contributed by atoms with Gasteiger partial charge in [0.2, 0.25) is 0 Å². The topological polar surface area (TPSA) is 93.1 Å². The third-order valence-corrected chi connectivity index (χ3v) is 18.2. The van der Waals surface area contributed by atoms with E-state index in [2.05, 4.69) is 44.4 Å². The Morgan fingerprint density at radius 2 is 1.69 bits per heavy atom. The fourth-order valence-corrected chi connectivity index (χ4v) is 15.6. The van der Waals surface area contributed by atoms with Crippen LogP contribution >= 0.6 is 0 Å². The van der Waals surface area contributed by atoms with Crippen LogP contribution in [-0.2, 0) is 23.7 Å². The second kappa shape index (κ2) is 12.6. The number of aliphatic hydroxyl groups is 2. The quantitative estimate of drug-likeness (QED) is 0.326. The molecule has 0 amide bonds. The van der Waals surface area contributed by atoms with E-state index in [9.17, 15) is 10.2 Å². The molecular weight excluding hydrogens is 656 g/mol. The second-order valence-corrected chi connectivity index (χ2v) is 21.3. The van der Waals surface area contributed by atoms with Crippen LogP contribution in [0, 0.1) is 56.7 Å². The van der Waals surface area contributed by atoms with Crippen molar-refractivity contribution < 1.29 is 33.9 Å². The molecule has 4 heterocycles. The number of ether oxygens (including phenoxy) is 5. The lowest BCUT2D eigenvalue weighted by Gasteiger charge is -2.64. The minimum absolute atomic E-state index is 0.0211. The van der Waals surface area contributed by atoms with Gasteiger partial charge in [-0.2, -0.15) is 0 Å². The molecule has 14 atom stereocenters. The highest BCUT2D eigenvalue weighted by atomic mass is 16.7. The number of hydrogen-bond acceptors (Lipinski definition) is 9. The van der Waals surface area contributed by atoms with Crippen molar-refractivity contribution in [3.63, 3.8) is 0 Å². The highest BCUT2D eigenvalue weighted by Crippen LogP contribution is 2.89. The largest absolute Gasteiger partial charge is 0.390 e. The van der Waals surface area contributed by atoms with Gasteiger partial charge in [-0.25, -0.2) is 0 Å². The zero-order valence-corrected chi connectivity index (χ0v) is 33.8. The average molecular weight is 729 g/mol. The van der Waals surface area contributed by atoms with Gasteiger partial charge in [0.15, 0.2) is 6.29 Å². The number of hydrogen-bond donors (Lipinski definition) is 2. The summed E-state index contributed by atoms with van der Waals surface area (Å²) in [7, 11) is 0. The Bertz CT molecular complexity index is 1350. The number of nitrogens with zero attached hydrogens (tertiary/aromatic N) is 2. The molecule has 9 heteroatoms. The Morgan fingerprint density at radius 3 is 2.38 bits per heavy atom. The summed E-state index contributed by atoms with van der Waals surface area (Å²) in [5, 5.41) is 23.8. The lowest BCUT2D eigenvalue weighted by molar-refractivity contribution is -0.250. The zero-order valence-electron chi connectivity index (χ0n) is 33.8. The molecule has 5 aliphatic carbocycles. The Kier molecular flexibility index (Phi) is 9.00. The van der Waals surface area contributed by atoms with Crippen LogP contribution in [-0.4, -0.2) is 128 Å². The first-order valence-electron chi connectivity index (χ1n) is 21.6. The Labute approximate surface area is 314 Å². The van der Waals surface area contributed by atoms with E-state index in [0.29, 0.717) is 47.2 Å². The molecule has 0 aromatic rings. The smallest absolute Gasteiger partial charge is 0.170 e. The maximum atomic E-state index is 12.7. The number of aliphatic hydroxyl groups excluding tert-OH is 1. The molecule has 5 saturated carbocycles. The number of rotatable bonds is 9. The average Bonchev–Trinajstić information content (AvgIpc) is 3.67. The van der Waals surface area contributed by atoms with Crippen LogP contribution in [0.5, 0.6) is 0 Å². The van der Waals surface area contributed by atoms with Gasteiger partial charge in [-0.15, -0.1) is 0 Å². The minimum Gasteiger partial charge on any atom is -0.390 e. The van der Waals surface area contributed by atoms with Crippen LogP contribution in [0.1, 0.15) is 107 Å². The normalized spacial score (nSPS) is 51.2. The van der Waals surface area contributed by atoms with E-state index < -0.39 is 17.8 Å². The summed E-state index contributed by atoms with van der Waals surface area (Å²) < 4.78 is 31.9. The highest BCUT2D eigenvalue weighted by molar-refractivity contribution is 5.33. The molecule has 9 aliphatic rings. The first-order chi connectivity index (χ1) is 24.6. The van der Waals surface area contributed by atoms with Crippen molar-refractivity contribution in [3.8, 4) is 0 Å². The number of fused-ring (bicyclic) bond motifs is 4. The van der Waals surface area contributed by atoms with Crippen molar-refractivity contribution in [2.24, 2.45) is 56.7 Å². The molecule has 3 unspecified atom stereocenters. The summed E-state index contributed by atoms with van der Waals surface area (Å²) >= 11 is 0. The van der Waals surface area contributed by atoms with Gasteiger partial charge in [-0.3, -0.25) is 9.80 Å². The summed E-state index contributed by atoms with van der Waals surface area (Å²) in [6, 6.07) is 0.660. The lowest BCUT2D eigenvalue weighted by atomic mass is 9.41. The van der Waals surface area contributed by atoms with Crippen LogP contribution in [0.25, 0.3) is 0 Å². The van der Waals surface area contributed by atoms with Crippen molar-refractivity contribution in [3.05, 3.63) is 0 Å². The molecule has 0 radical (unpaired) electrons. The molecule has 4 saturated heterocycles. The number of morpholine rings is 1. The Hall–Kier alpha value is -0.360. The minimum atomic E-state index is -1.01. The van der Waals surface area contributed by atoms with Crippen molar-refractivity contribution >= 4 is 0 Å². The maximum absolute atomic E-state index is 12.7. The lowest BCUT2D eigenvalue weighted by Crippen LogP contribution is -2.62. The van der Waals surface area contributed by atoms with Crippen LogP contribution in [0.2, 0.25) is 0 Å². The van der Waals surface area contributed by atoms with E-state index in [0.717, 1.165) is 58.2 Å². The standard InChI is InChI=1S/C43H72N2O7/c1-9-49-37(39(5,6)47)29-18-26(2)34-35(51-29)36(46)41(8)31-11-10-30-38(3,4)32(12-13-42(30)25-43(31,42)15-14-40(34,41)7)52-33-22-44(16-17-50-33)19-27-20-45(21-27)28-23-48-24-28/h26-37,46-47H,9-25H2,1-8H3/t26-,29?,30+,31?,32+,33+,34+,35?,36+,37+,40-,41-,42-,43+/m1/s1. The third kappa shape index (κ3) is 5.18. The van der Waals surface area contributed by atoms with E-state index in [1.165, 1.54) is 51.6 Å². The van der Waals surface area contributed by atoms with Gasteiger partial charge >= 0.3 is 0 Å². The molecule has 0 bridgehead atoms. The summed E-state index contributed by atoms with van der Waals surface area (Å²) in [4.78, 5) is 5.20. The molecule has 2 spiro atoms. The summed E-state index contributed by atoms with van der Waals surface area (Å²) in [5.41, 5.74) is -0.444. The van der Waals surface area contributed by atoms with Crippen LogP contribution < -0.4 is 0 Å². The van der Waals surface area contributed by atoms with Crippen LogP contribution in [0.4, 0.5) is 0 Å². The summed E-state index contributed by atoms with van der Waals surface area (Å²) in [5.74, 6) is 2.60. The van der Waals surface area contributed by atoms with Crippen molar-refractivity contribution in [1.82, 2.24) is 9.80 Å². The Morgan fingerprint density at radius 1 is 0.962 bits per heavy atom. The predicted molar refractivity (Wildman–Crippen MR) is 199 cm³/mol. The van der Waals surface area contributed by atoms with Gasteiger partial charge in [0, 0.05) is 44.7 Å². The molecule has 52 heavy (non-hydrogen) atoms. The molecule has 0 aromatic heterocycles. The van der Waals surface area contributed by atoms with Crippen LogP contribution in [0.3, 0.4) is 0 Å². The highest BCUT2D eigenvalue weighted by Gasteiger charge is 2.84. The fraction of sp³-hybridized carbons (Fsp3) is 1.00. The zero-order chi connectivity index (χ0) is 36.6. The van der Waals surface area contributed by atoms with E-state index >= 15 is 0 Å². The molecule has 0 aromatic carbocycles. The molecule has 4 aliphatic heterocycles. The van der Waals surface area contributed by atoms with Crippen LogP contribution in [0.15, 0.2) is 0 Å².